The Morgan fingerprint density at radius 3 is 2.88 bits per heavy atom. The number of ether oxygens (including phenoxy) is 1. The van der Waals surface area contributed by atoms with Gasteiger partial charge in [0.15, 0.2) is 5.69 Å². The Morgan fingerprint density at radius 2 is 2.21 bits per heavy atom. The second-order valence-corrected chi connectivity index (χ2v) is 6.06. The maximum atomic E-state index is 12.4. The van der Waals surface area contributed by atoms with Crippen LogP contribution in [0.3, 0.4) is 0 Å². The fourth-order valence-corrected chi connectivity index (χ4v) is 2.68. The number of nitrogens with one attached hydrogen (secondary N) is 1. The summed E-state index contributed by atoms with van der Waals surface area (Å²) in [4.78, 5) is 13.7. The minimum Gasteiger partial charge on any atom is -0.390 e. The van der Waals surface area contributed by atoms with Crippen LogP contribution in [-0.4, -0.2) is 45.3 Å². The number of hydrogen-bond acceptors (Lipinski definition) is 5. The molecule has 1 aliphatic heterocycles. The highest BCUT2D eigenvalue weighted by molar-refractivity contribution is 5.93. The number of aliphatic hydroxyl groups is 1. The average molecular weight is 330 g/mol. The number of aromatic nitrogens is 3. The van der Waals surface area contributed by atoms with Gasteiger partial charge in [-0.05, 0) is 49.9 Å². The molecule has 7 heteroatoms. The smallest absolute Gasteiger partial charge is 0.273 e. The average Bonchev–Trinajstić information content (AvgIpc) is 3.24. The molecular weight excluding hydrogens is 308 g/mol. The third-order valence-corrected chi connectivity index (χ3v) is 4.28. The van der Waals surface area contributed by atoms with Crippen molar-refractivity contribution in [2.45, 2.75) is 39.4 Å². The topological polar surface area (TPSA) is 89.3 Å². The van der Waals surface area contributed by atoms with Crippen LogP contribution in [0, 0.1) is 13.8 Å². The van der Waals surface area contributed by atoms with E-state index in [4.69, 9.17) is 4.74 Å². The van der Waals surface area contributed by atoms with E-state index in [0.29, 0.717) is 6.54 Å². The Morgan fingerprint density at radius 1 is 1.38 bits per heavy atom. The molecule has 1 saturated heterocycles. The van der Waals surface area contributed by atoms with E-state index in [1.807, 2.05) is 32.0 Å². The van der Waals surface area contributed by atoms with Crippen LogP contribution in [0.5, 0.6) is 0 Å². The quantitative estimate of drug-likeness (QED) is 0.862. The zero-order valence-electron chi connectivity index (χ0n) is 14.0. The number of aryl methyl sites for hydroxylation is 2. The summed E-state index contributed by atoms with van der Waals surface area (Å²) in [5.74, 6) is -0.343. The van der Waals surface area contributed by atoms with Crippen LogP contribution in [0.4, 0.5) is 0 Å². The number of carbonyl (C=O) groups is 1. The summed E-state index contributed by atoms with van der Waals surface area (Å²) in [6.07, 6.45) is 2.02. The molecule has 0 bridgehead atoms. The molecule has 1 fully saturated rings. The lowest BCUT2D eigenvalue weighted by atomic mass is 10.1. The molecular formula is C17H22N4O3. The van der Waals surface area contributed by atoms with E-state index >= 15 is 0 Å². The van der Waals surface area contributed by atoms with Crippen LogP contribution < -0.4 is 5.32 Å². The molecule has 0 spiro atoms. The van der Waals surface area contributed by atoms with Crippen molar-refractivity contribution in [2.75, 3.05) is 13.2 Å². The lowest BCUT2D eigenvalue weighted by molar-refractivity contribution is 0.0851. The Bertz CT molecular complexity index is 735. The Kier molecular flexibility index (Phi) is 4.92. The van der Waals surface area contributed by atoms with Gasteiger partial charge in [0.05, 0.1) is 18.4 Å². The zero-order chi connectivity index (χ0) is 17.1. The predicted octanol–water partition coefficient (Wildman–Crippen LogP) is 1.29. The van der Waals surface area contributed by atoms with Gasteiger partial charge in [-0.15, -0.1) is 10.2 Å². The molecule has 2 heterocycles. The van der Waals surface area contributed by atoms with E-state index < -0.39 is 0 Å². The highest BCUT2D eigenvalue weighted by atomic mass is 16.5. The summed E-state index contributed by atoms with van der Waals surface area (Å²) in [7, 11) is 0. The van der Waals surface area contributed by atoms with Crippen molar-refractivity contribution >= 4 is 5.91 Å². The van der Waals surface area contributed by atoms with Crippen LogP contribution in [0.15, 0.2) is 18.2 Å². The number of nitrogens with zero attached hydrogens (tertiary/aromatic N) is 3. The fourth-order valence-electron chi connectivity index (χ4n) is 2.68. The van der Waals surface area contributed by atoms with Crippen molar-refractivity contribution < 1.29 is 14.6 Å². The van der Waals surface area contributed by atoms with E-state index in [0.717, 1.165) is 30.7 Å². The predicted molar refractivity (Wildman–Crippen MR) is 88.1 cm³/mol. The molecule has 1 aromatic heterocycles. The normalized spacial score (nSPS) is 17.2. The molecule has 128 valence electrons. The largest absolute Gasteiger partial charge is 0.390 e. The number of carbonyl (C=O) groups excluding carboxylic acids is 1. The van der Waals surface area contributed by atoms with Crippen LogP contribution in [0.25, 0.3) is 5.69 Å². The molecule has 0 aliphatic carbocycles. The summed E-state index contributed by atoms with van der Waals surface area (Å²) in [5, 5.41) is 20.8. The van der Waals surface area contributed by atoms with E-state index in [1.54, 1.807) is 0 Å². The number of hydrogen-bond donors (Lipinski definition) is 2. The molecule has 7 nitrogen and oxygen atoms in total. The van der Waals surface area contributed by atoms with Crippen molar-refractivity contribution in [3.05, 3.63) is 40.7 Å². The second-order valence-electron chi connectivity index (χ2n) is 6.06. The van der Waals surface area contributed by atoms with Gasteiger partial charge in [-0.2, -0.15) is 4.80 Å². The van der Waals surface area contributed by atoms with Crippen molar-refractivity contribution in [1.82, 2.24) is 20.3 Å². The van der Waals surface area contributed by atoms with E-state index in [1.165, 1.54) is 10.4 Å². The molecule has 0 unspecified atom stereocenters. The summed E-state index contributed by atoms with van der Waals surface area (Å²) in [5.41, 5.74) is 3.44. The van der Waals surface area contributed by atoms with Crippen LogP contribution in [0.1, 0.15) is 40.2 Å². The Hall–Kier alpha value is -2.25. The third-order valence-electron chi connectivity index (χ3n) is 4.28. The van der Waals surface area contributed by atoms with Gasteiger partial charge in [-0.1, -0.05) is 6.07 Å². The number of rotatable bonds is 5. The van der Waals surface area contributed by atoms with Crippen molar-refractivity contribution in [3.8, 4) is 5.69 Å². The fraction of sp³-hybridized carbons (Fsp3) is 0.471. The van der Waals surface area contributed by atoms with Gasteiger partial charge in [0.25, 0.3) is 5.91 Å². The van der Waals surface area contributed by atoms with Gasteiger partial charge in [0, 0.05) is 13.2 Å². The maximum Gasteiger partial charge on any atom is 0.273 e. The van der Waals surface area contributed by atoms with Gasteiger partial charge in [-0.25, -0.2) is 0 Å². The Labute approximate surface area is 140 Å². The minimum atomic E-state index is -0.343. The first-order valence-electron chi connectivity index (χ1n) is 8.13. The molecule has 2 aromatic rings. The van der Waals surface area contributed by atoms with Crippen molar-refractivity contribution in [2.24, 2.45) is 0 Å². The molecule has 1 aromatic carbocycles. The second kappa shape index (κ2) is 7.11. The molecule has 1 atom stereocenters. The van der Waals surface area contributed by atoms with Gasteiger partial charge in [-0.3, -0.25) is 4.79 Å². The van der Waals surface area contributed by atoms with Gasteiger partial charge in [0.1, 0.15) is 5.69 Å². The highest BCUT2D eigenvalue weighted by Crippen LogP contribution is 2.15. The minimum absolute atomic E-state index is 0.0568. The molecule has 0 radical (unpaired) electrons. The lowest BCUT2D eigenvalue weighted by Gasteiger charge is -2.09. The third kappa shape index (κ3) is 3.47. The van der Waals surface area contributed by atoms with Crippen LogP contribution in [0.2, 0.25) is 0 Å². The van der Waals surface area contributed by atoms with Gasteiger partial charge >= 0.3 is 0 Å². The number of aliphatic hydroxyl groups excluding tert-OH is 1. The summed E-state index contributed by atoms with van der Waals surface area (Å²) in [6, 6.07) is 5.81. The monoisotopic (exact) mass is 330 g/mol. The molecule has 3 rings (SSSR count). The summed E-state index contributed by atoms with van der Waals surface area (Å²) < 4.78 is 5.49. The van der Waals surface area contributed by atoms with Crippen molar-refractivity contribution in [1.29, 1.82) is 0 Å². The SMILES string of the molecule is Cc1ccc(-n2nc(CO)c(C(=O)NC[C@@H]3CCCO3)n2)cc1C. The van der Waals surface area contributed by atoms with E-state index in [2.05, 4.69) is 15.5 Å². The van der Waals surface area contributed by atoms with Gasteiger partial charge in [0.2, 0.25) is 0 Å². The molecule has 2 N–H and O–H groups in total. The van der Waals surface area contributed by atoms with Crippen LogP contribution in [-0.2, 0) is 11.3 Å². The standard InChI is InChI=1S/C17H22N4O3/c1-11-5-6-13(8-12(11)2)21-19-15(10-22)16(20-21)17(23)18-9-14-4-3-7-24-14/h5-6,8,14,22H,3-4,7,9-10H2,1-2H3,(H,18,23)/t14-/m0/s1. The maximum absolute atomic E-state index is 12.4. The first kappa shape index (κ1) is 16.6. The Balaban J connectivity index is 1.78. The zero-order valence-corrected chi connectivity index (χ0v) is 14.0. The number of benzene rings is 1. The summed E-state index contributed by atoms with van der Waals surface area (Å²) in [6.45, 7) is 4.88. The van der Waals surface area contributed by atoms with Gasteiger partial charge < -0.3 is 15.2 Å². The summed E-state index contributed by atoms with van der Waals surface area (Å²) >= 11 is 0. The molecule has 24 heavy (non-hydrogen) atoms. The van der Waals surface area contributed by atoms with Crippen molar-refractivity contribution in [3.63, 3.8) is 0 Å². The van der Waals surface area contributed by atoms with E-state index in [-0.39, 0.29) is 30.0 Å². The first-order chi connectivity index (χ1) is 11.6. The van der Waals surface area contributed by atoms with E-state index in [9.17, 15) is 9.90 Å². The first-order valence-corrected chi connectivity index (χ1v) is 8.13. The lowest BCUT2D eigenvalue weighted by Crippen LogP contribution is -2.32. The molecule has 1 amide bonds. The molecule has 1 aliphatic rings. The molecule has 0 saturated carbocycles. The highest BCUT2D eigenvalue weighted by Gasteiger charge is 2.21. The number of amides is 1. The van der Waals surface area contributed by atoms with Crippen LogP contribution >= 0.6 is 0 Å².